The molecule has 1 saturated carbocycles. The van der Waals surface area contributed by atoms with Gasteiger partial charge in [0.05, 0.1) is 12.0 Å². The van der Waals surface area contributed by atoms with Crippen LogP contribution in [0.3, 0.4) is 0 Å². The van der Waals surface area contributed by atoms with Crippen molar-refractivity contribution in [3.8, 4) is 0 Å². The largest absolute Gasteiger partial charge is 0.378 e. The van der Waals surface area contributed by atoms with Gasteiger partial charge in [-0.3, -0.25) is 4.79 Å². The minimum atomic E-state index is 0. The van der Waals surface area contributed by atoms with Crippen LogP contribution in [0.15, 0.2) is 0 Å². The predicted molar refractivity (Wildman–Crippen MR) is 83.2 cm³/mol. The van der Waals surface area contributed by atoms with Crippen LogP contribution in [0.2, 0.25) is 0 Å². The molecule has 0 aromatic heterocycles. The van der Waals surface area contributed by atoms with Crippen LogP contribution < -0.4 is 5.32 Å². The van der Waals surface area contributed by atoms with Crippen molar-refractivity contribution in [3.63, 3.8) is 0 Å². The maximum absolute atomic E-state index is 12.5. The molecule has 1 saturated heterocycles. The van der Waals surface area contributed by atoms with Gasteiger partial charge in [0.1, 0.15) is 0 Å². The summed E-state index contributed by atoms with van der Waals surface area (Å²) in [5.74, 6) is 0.473. The normalized spacial score (nSPS) is 31.9. The first kappa shape index (κ1) is 17.7. The lowest BCUT2D eigenvalue weighted by Crippen LogP contribution is -2.63. The van der Waals surface area contributed by atoms with Gasteiger partial charge in [0.2, 0.25) is 5.91 Å². The Hall–Kier alpha value is -0.320. The zero-order valence-corrected chi connectivity index (χ0v) is 14.0. The summed E-state index contributed by atoms with van der Waals surface area (Å²) in [7, 11) is 1.96. The predicted octanol–water partition coefficient (Wildman–Crippen LogP) is 2.07. The van der Waals surface area contributed by atoms with Gasteiger partial charge in [-0.15, -0.1) is 12.4 Å². The number of ether oxygens (including phenoxy) is 1. The average molecular weight is 305 g/mol. The fraction of sp³-hybridized carbons (Fsp3) is 0.933. The van der Waals surface area contributed by atoms with Crippen molar-refractivity contribution >= 4 is 18.3 Å². The summed E-state index contributed by atoms with van der Waals surface area (Å²) < 4.78 is 5.75. The highest BCUT2D eigenvalue weighted by Gasteiger charge is 2.52. The molecule has 20 heavy (non-hydrogen) atoms. The molecule has 1 amide bonds. The molecule has 1 aliphatic heterocycles. The molecule has 1 aliphatic carbocycles. The van der Waals surface area contributed by atoms with Crippen molar-refractivity contribution in [2.45, 2.75) is 52.2 Å². The Balaban J connectivity index is 0.00000200. The summed E-state index contributed by atoms with van der Waals surface area (Å²) >= 11 is 0. The number of halogens is 1. The Morgan fingerprint density at radius 2 is 2.15 bits per heavy atom. The van der Waals surface area contributed by atoms with Crippen LogP contribution in [0, 0.1) is 11.3 Å². The quantitative estimate of drug-likeness (QED) is 0.864. The van der Waals surface area contributed by atoms with Gasteiger partial charge in [0, 0.05) is 31.7 Å². The molecule has 1 N–H and O–H groups in total. The number of nitrogens with zero attached hydrogens (tertiary/aromatic N) is 1. The molecule has 0 spiro atoms. The van der Waals surface area contributed by atoms with Crippen molar-refractivity contribution in [2.75, 3.05) is 26.7 Å². The zero-order chi connectivity index (χ0) is 14.0. The number of carbonyl (C=O) groups excluding carboxylic acids is 1. The summed E-state index contributed by atoms with van der Waals surface area (Å²) in [6, 6.07) is 0.318. The Labute approximate surface area is 129 Å². The van der Waals surface area contributed by atoms with Gasteiger partial charge in [0.25, 0.3) is 0 Å². The van der Waals surface area contributed by atoms with Crippen molar-refractivity contribution in [3.05, 3.63) is 0 Å². The van der Waals surface area contributed by atoms with Crippen LogP contribution >= 0.6 is 12.4 Å². The van der Waals surface area contributed by atoms with Gasteiger partial charge in [-0.1, -0.05) is 13.8 Å². The van der Waals surface area contributed by atoms with E-state index in [4.69, 9.17) is 4.74 Å². The fourth-order valence-corrected chi connectivity index (χ4v) is 3.51. The number of piperidine rings is 1. The second-order valence-corrected chi connectivity index (χ2v) is 6.51. The molecule has 118 valence electrons. The third kappa shape index (κ3) is 3.29. The van der Waals surface area contributed by atoms with E-state index in [1.807, 2.05) is 18.9 Å². The minimum Gasteiger partial charge on any atom is -0.378 e. The van der Waals surface area contributed by atoms with Gasteiger partial charge < -0.3 is 15.0 Å². The second kappa shape index (κ2) is 7.10. The molecule has 0 bridgehead atoms. The van der Waals surface area contributed by atoms with E-state index < -0.39 is 0 Å². The van der Waals surface area contributed by atoms with Crippen LogP contribution in [0.4, 0.5) is 0 Å². The van der Waals surface area contributed by atoms with E-state index in [-0.39, 0.29) is 23.7 Å². The third-order valence-corrected chi connectivity index (χ3v) is 4.96. The number of nitrogens with one attached hydrogen (secondary N) is 1. The van der Waals surface area contributed by atoms with Gasteiger partial charge >= 0.3 is 0 Å². The molecule has 1 heterocycles. The number of hydrogen-bond donors (Lipinski definition) is 1. The summed E-state index contributed by atoms with van der Waals surface area (Å²) in [5, 5.41) is 3.32. The molecular formula is C15H29ClN2O2. The van der Waals surface area contributed by atoms with Crippen LogP contribution in [0.5, 0.6) is 0 Å². The van der Waals surface area contributed by atoms with E-state index in [9.17, 15) is 4.79 Å². The van der Waals surface area contributed by atoms with E-state index in [1.165, 1.54) is 0 Å². The standard InChI is InChI=1S/C15H28N2O2.ClH/c1-5-19-13-9-12(15(13,2)3)17(4)14(18)11-7-6-8-16-10-11;/h11-13,16H,5-10H2,1-4H3;1H. The highest BCUT2D eigenvalue weighted by molar-refractivity contribution is 5.85. The SMILES string of the molecule is CCOC1CC(N(C)C(=O)C2CCCNC2)C1(C)C.Cl. The fourth-order valence-electron chi connectivity index (χ4n) is 3.51. The topological polar surface area (TPSA) is 41.6 Å². The molecule has 2 rings (SSSR count). The maximum Gasteiger partial charge on any atom is 0.226 e. The number of rotatable bonds is 4. The monoisotopic (exact) mass is 304 g/mol. The lowest BCUT2D eigenvalue weighted by molar-refractivity contribution is -0.166. The molecule has 3 unspecified atom stereocenters. The molecule has 2 aliphatic rings. The highest BCUT2D eigenvalue weighted by Crippen LogP contribution is 2.45. The van der Waals surface area contributed by atoms with Gasteiger partial charge in [-0.25, -0.2) is 0 Å². The molecular weight excluding hydrogens is 276 g/mol. The first-order chi connectivity index (χ1) is 8.98. The maximum atomic E-state index is 12.5. The Bertz CT molecular complexity index is 330. The number of hydrogen-bond acceptors (Lipinski definition) is 3. The molecule has 0 aromatic rings. The second-order valence-electron chi connectivity index (χ2n) is 6.51. The lowest BCUT2D eigenvalue weighted by atomic mass is 9.63. The van der Waals surface area contributed by atoms with E-state index in [0.717, 1.165) is 39.0 Å². The summed E-state index contributed by atoms with van der Waals surface area (Å²) in [5.41, 5.74) is 0.0719. The number of amides is 1. The molecule has 5 heteroatoms. The first-order valence-corrected chi connectivity index (χ1v) is 7.57. The van der Waals surface area contributed by atoms with Crippen molar-refractivity contribution in [2.24, 2.45) is 11.3 Å². The molecule has 4 nitrogen and oxygen atoms in total. The van der Waals surface area contributed by atoms with Gasteiger partial charge in [-0.2, -0.15) is 0 Å². The van der Waals surface area contributed by atoms with Crippen LogP contribution in [0.25, 0.3) is 0 Å². The zero-order valence-electron chi connectivity index (χ0n) is 13.1. The van der Waals surface area contributed by atoms with E-state index in [0.29, 0.717) is 18.1 Å². The summed E-state index contributed by atoms with van der Waals surface area (Å²) in [6.07, 6.45) is 3.41. The van der Waals surface area contributed by atoms with E-state index in [1.54, 1.807) is 0 Å². The average Bonchev–Trinajstić information content (AvgIpc) is 2.42. The van der Waals surface area contributed by atoms with Crippen LogP contribution in [-0.2, 0) is 9.53 Å². The lowest BCUT2D eigenvalue weighted by Gasteiger charge is -2.55. The molecule has 0 radical (unpaired) electrons. The highest BCUT2D eigenvalue weighted by atomic mass is 35.5. The smallest absolute Gasteiger partial charge is 0.226 e. The Morgan fingerprint density at radius 1 is 1.45 bits per heavy atom. The Kier molecular flexibility index (Phi) is 6.29. The van der Waals surface area contributed by atoms with Gasteiger partial charge in [0.15, 0.2) is 0 Å². The molecule has 2 fully saturated rings. The minimum absolute atomic E-state index is 0. The Morgan fingerprint density at radius 3 is 2.65 bits per heavy atom. The summed E-state index contributed by atoms with van der Waals surface area (Å²) in [6.45, 7) is 9.10. The van der Waals surface area contributed by atoms with Crippen molar-refractivity contribution in [1.82, 2.24) is 10.2 Å². The summed E-state index contributed by atoms with van der Waals surface area (Å²) in [4.78, 5) is 14.5. The third-order valence-electron chi connectivity index (χ3n) is 4.96. The van der Waals surface area contributed by atoms with Crippen molar-refractivity contribution < 1.29 is 9.53 Å². The van der Waals surface area contributed by atoms with Gasteiger partial charge in [-0.05, 0) is 32.7 Å². The van der Waals surface area contributed by atoms with Crippen LogP contribution in [-0.4, -0.2) is 49.7 Å². The van der Waals surface area contributed by atoms with E-state index >= 15 is 0 Å². The molecule has 3 atom stereocenters. The van der Waals surface area contributed by atoms with E-state index in [2.05, 4.69) is 19.2 Å². The molecule has 0 aromatic carbocycles. The van der Waals surface area contributed by atoms with Crippen molar-refractivity contribution in [1.29, 1.82) is 0 Å². The van der Waals surface area contributed by atoms with Crippen LogP contribution in [0.1, 0.15) is 40.0 Å². The number of carbonyl (C=O) groups is 1. The first-order valence-electron chi connectivity index (χ1n) is 7.57.